The minimum Gasteiger partial charge on any atom is -0.327 e. The zero-order chi connectivity index (χ0) is 12.3. The molecule has 0 bridgehead atoms. The maximum Gasteiger partial charge on any atom is 0.0453 e. The lowest BCUT2D eigenvalue weighted by Crippen LogP contribution is -2.33. The lowest BCUT2D eigenvalue weighted by molar-refractivity contribution is 0.344. The van der Waals surface area contributed by atoms with Crippen LogP contribution in [-0.2, 0) is 6.42 Å². The molecule has 3 heteroatoms. The van der Waals surface area contributed by atoms with E-state index in [1.165, 1.54) is 0 Å². The first kappa shape index (κ1) is 13.8. The van der Waals surface area contributed by atoms with Gasteiger partial charge in [0.15, 0.2) is 0 Å². The molecule has 0 amide bonds. The van der Waals surface area contributed by atoms with Gasteiger partial charge < -0.3 is 5.73 Å². The van der Waals surface area contributed by atoms with Crippen LogP contribution in [0.2, 0.25) is 10.0 Å². The smallest absolute Gasteiger partial charge is 0.0453 e. The number of halogens is 2. The van der Waals surface area contributed by atoms with Gasteiger partial charge >= 0.3 is 0 Å². The summed E-state index contributed by atoms with van der Waals surface area (Å²) in [6.45, 7) is 6.53. The van der Waals surface area contributed by atoms with Crippen LogP contribution in [-0.4, -0.2) is 6.04 Å². The Morgan fingerprint density at radius 3 is 2.06 bits per heavy atom. The van der Waals surface area contributed by atoms with Gasteiger partial charge in [-0.2, -0.15) is 0 Å². The van der Waals surface area contributed by atoms with Crippen molar-refractivity contribution in [3.05, 3.63) is 33.8 Å². The average Bonchev–Trinajstić information content (AvgIpc) is 2.22. The summed E-state index contributed by atoms with van der Waals surface area (Å²) in [5.74, 6) is 1.02. The third-order valence-corrected chi connectivity index (χ3v) is 3.94. The highest BCUT2D eigenvalue weighted by Crippen LogP contribution is 2.27. The summed E-state index contributed by atoms with van der Waals surface area (Å²) in [4.78, 5) is 0. The normalized spacial score (nSPS) is 15.2. The van der Waals surface area contributed by atoms with Crippen LogP contribution in [0.4, 0.5) is 0 Å². The molecule has 1 aromatic carbocycles. The summed E-state index contributed by atoms with van der Waals surface area (Å²) < 4.78 is 0. The molecule has 0 aliphatic rings. The molecule has 1 aromatic rings. The maximum absolute atomic E-state index is 6.17. The van der Waals surface area contributed by atoms with E-state index in [-0.39, 0.29) is 6.04 Å². The Balaban J connectivity index is 2.80. The zero-order valence-corrected chi connectivity index (χ0v) is 11.5. The molecule has 0 radical (unpaired) electrons. The van der Waals surface area contributed by atoms with Crippen LogP contribution >= 0.6 is 23.2 Å². The first-order chi connectivity index (χ1) is 7.43. The van der Waals surface area contributed by atoms with Crippen LogP contribution in [0.25, 0.3) is 0 Å². The predicted molar refractivity (Wildman–Crippen MR) is 72.1 cm³/mol. The molecule has 16 heavy (non-hydrogen) atoms. The molecule has 0 heterocycles. The van der Waals surface area contributed by atoms with Crippen molar-refractivity contribution < 1.29 is 0 Å². The summed E-state index contributed by atoms with van der Waals surface area (Å²) >= 11 is 12.2. The Morgan fingerprint density at radius 2 is 1.62 bits per heavy atom. The Bertz CT molecular complexity index is 330. The summed E-state index contributed by atoms with van der Waals surface area (Å²) in [6.07, 6.45) is 0.734. The predicted octanol–water partition coefficient (Wildman–Crippen LogP) is 4.16. The van der Waals surface area contributed by atoms with Gasteiger partial charge in [-0.25, -0.2) is 0 Å². The summed E-state index contributed by atoms with van der Waals surface area (Å²) in [7, 11) is 0. The van der Waals surface area contributed by atoms with Gasteiger partial charge in [0.2, 0.25) is 0 Å². The molecule has 0 saturated carbocycles. The minimum absolute atomic E-state index is 0.0948. The molecule has 0 fully saturated rings. The van der Waals surface area contributed by atoms with Crippen molar-refractivity contribution in [2.75, 3.05) is 0 Å². The highest BCUT2D eigenvalue weighted by atomic mass is 35.5. The maximum atomic E-state index is 6.17. The molecular weight excluding hydrogens is 241 g/mol. The van der Waals surface area contributed by atoms with Crippen LogP contribution < -0.4 is 5.73 Å². The van der Waals surface area contributed by atoms with Gasteiger partial charge in [-0.1, -0.05) is 50.0 Å². The number of rotatable bonds is 4. The van der Waals surface area contributed by atoms with E-state index in [1.54, 1.807) is 0 Å². The monoisotopic (exact) mass is 259 g/mol. The van der Waals surface area contributed by atoms with Crippen molar-refractivity contribution in [2.24, 2.45) is 17.6 Å². The average molecular weight is 260 g/mol. The van der Waals surface area contributed by atoms with E-state index in [0.29, 0.717) is 21.9 Å². The van der Waals surface area contributed by atoms with Crippen LogP contribution in [0.3, 0.4) is 0 Å². The lowest BCUT2D eigenvalue weighted by atomic mass is 9.87. The fourth-order valence-electron chi connectivity index (χ4n) is 1.64. The van der Waals surface area contributed by atoms with Gasteiger partial charge in [0.1, 0.15) is 0 Å². The molecule has 0 aliphatic heterocycles. The van der Waals surface area contributed by atoms with E-state index in [9.17, 15) is 0 Å². The second-order valence-electron chi connectivity index (χ2n) is 4.67. The SMILES string of the molecule is CC(C)C(C)C(N)Cc1c(Cl)cccc1Cl. The molecule has 1 nitrogen and oxygen atoms in total. The van der Waals surface area contributed by atoms with Crippen molar-refractivity contribution in [2.45, 2.75) is 33.2 Å². The molecule has 90 valence electrons. The van der Waals surface area contributed by atoms with Crippen molar-refractivity contribution in [1.29, 1.82) is 0 Å². The number of nitrogens with two attached hydrogens (primary N) is 1. The largest absolute Gasteiger partial charge is 0.327 e. The fraction of sp³-hybridized carbons (Fsp3) is 0.538. The van der Waals surface area contributed by atoms with Crippen molar-refractivity contribution >= 4 is 23.2 Å². The standard InChI is InChI=1S/C13H19Cl2N/c1-8(2)9(3)13(16)7-10-11(14)5-4-6-12(10)15/h4-6,8-9,13H,7,16H2,1-3H3. The third kappa shape index (κ3) is 3.38. The molecule has 1 rings (SSSR count). The van der Waals surface area contributed by atoms with Crippen LogP contribution in [0.15, 0.2) is 18.2 Å². The van der Waals surface area contributed by atoms with E-state index in [1.807, 2.05) is 18.2 Å². The number of benzene rings is 1. The highest BCUT2D eigenvalue weighted by Gasteiger charge is 2.18. The zero-order valence-electron chi connectivity index (χ0n) is 10.0. The summed E-state index contributed by atoms with van der Waals surface area (Å²) in [5.41, 5.74) is 7.13. The van der Waals surface area contributed by atoms with Crippen molar-refractivity contribution in [3.8, 4) is 0 Å². The Labute approximate surface area is 108 Å². The molecule has 0 aromatic heterocycles. The molecule has 2 unspecified atom stereocenters. The highest BCUT2D eigenvalue weighted by molar-refractivity contribution is 6.35. The summed E-state index contributed by atoms with van der Waals surface area (Å²) in [6, 6.07) is 5.66. The van der Waals surface area contributed by atoms with E-state index in [0.717, 1.165) is 12.0 Å². The molecule has 0 spiro atoms. The van der Waals surface area contributed by atoms with E-state index < -0.39 is 0 Å². The van der Waals surface area contributed by atoms with E-state index in [4.69, 9.17) is 28.9 Å². The molecule has 2 atom stereocenters. The lowest BCUT2D eigenvalue weighted by Gasteiger charge is -2.24. The van der Waals surface area contributed by atoms with Crippen molar-refractivity contribution in [3.63, 3.8) is 0 Å². The fourth-order valence-corrected chi connectivity index (χ4v) is 2.20. The second kappa shape index (κ2) is 5.90. The number of hydrogen-bond acceptors (Lipinski definition) is 1. The first-order valence-electron chi connectivity index (χ1n) is 5.62. The van der Waals surface area contributed by atoms with Gasteiger partial charge in [-0.15, -0.1) is 0 Å². The molecular formula is C13H19Cl2N. The van der Waals surface area contributed by atoms with E-state index in [2.05, 4.69) is 20.8 Å². The van der Waals surface area contributed by atoms with Gasteiger partial charge in [0.05, 0.1) is 0 Å². The van der Waals surface area contributed by atoms with E-state index >= 15 is 0 Å². The Morgan fingerprint density at radius 1 is 1.12 bits per heavy atom. The van der Waals surface area contributed by atoms with Gasteiger partial charge in [-0.05, 0) is 36.0 Å². The Kier molecular flexibility index (Phi) is 5.10. The Hall–Kier alpha value is -0.240. The minimum atomic E-state index is 0.0948. The third-order valence-electron chi connectivity index (χ3n) is 3.23. The first-order valence-corrected chi connectivity index (χ1v) is 6.37. The van der Waals surface area contributed by atoms with Crippen molar-refractivity contribution in [1.82, 2.24) is 0 Å². The topological polar surface area (TPSA) is 26.0 Å². The number of hydrogen-bond donors (Lipinski definition) is 1. The molecule has 0 aliphatic carbocycles. The van der Waals surface area contributed by atoms with Gasteiger partial charge in [0, 0.05) is 16.1 Å². The molecule has 0 saturated heterocycles. The second-order valence-corrected chi connectivity index (χ2v) is 5.49. The van der Waals surface area contributed by atoms with Gasteiger partial charge in [-0.3, -0.25) is 0 Å². The molecule has 2 N–H and O–H groups in total. The van der Waals surface area contributed by atoms with Crippen LogP contribution in [0.5, 0.6) is 0 Å². The summed E-state index contributed by atoms with van der Waals surface area (Å²) in [5, 5.41) is 1.41. The quantitative estimate of drug-likeness (QED) is 0.864. The van der Waals surface area contributed by atoms with Gasteiger partial charge in [0.25, 0.3) is 0 Å². The van der Waals surface area contributed by atoms with Crippen LogP contribution in [0, 0.1) is 11.8 Å². The van der Waals surface area contributed by atoms with Crippen LogP contribution in [0.1, 0.15) is 26.3 Å².